The van der Waals surface area contributed by atoms with Crippen molar-refractivity contribution < 1.29 is 23.7 Å². The predicted octanol–water partition coefficient (Wildman–Crippen LogP) is 1.71. The van der Waals surface area contributed by atoms with E-state index in [1.165, 1.54) is 7.11 Å². The molecule has 1 fully saturated rings. The summed E-state index contributed by atoms with van der Waals surface area (Å²) in [5.74, 6) is 0.657. The lowest BCUT2D eigenvalue weighted by Gasteiger charge is -2.25. The van der Waals surface area contributed by atoms with E-state index in [4.69, 9.17) is 23.9 Å². The molecular formula is C24H26N6O5. The number of aromatic nitrogens is 3. The fourth-order valence-electron chi connectivity index (χ4n) is 4.48. The minimum atomic E-state index is -0.554. The Bertz CT molecular complexity index is 1290. The van der Waals surface area contributed by atoms with Gasteiger partial charge in [0.2, 0.25) is 0 Å². The van der Waals surface area contributed by atoms with Crippen molar-refractivity contribution in [3.8, 4) is 28.8 Å². The SMILES string of the molecule is COCCOC1C[C@H]2COc3nc4c(cnn4cc3OC)-c3cc(C#N)cc(c3)NCCN2C1=O. The number of nitrogens with zero attached hydrogens (tertiary/aromatic N) is 5. The number of carbonyl (C=O) groups excluding carboxylic acids is 1. The van der Waals surface area contributed by atoms with Crippen LogP contribution in [-0.2, 0) is 14.3 Å². The Balaban J connectivity index is 1.54. The van der Waals surface area contributed by atoms with Crippen LogP contribution in [0.5, 0.6) is 11.6 Å². The van der Waals surface area contributed by atoms with Crippen molar-refractivity contribution in [2.45, 2.75) is 18.6 Å². The molecule has 0 aliphatic carbocycles. The molecule has 2 aliphatic rings. The molecule has 1 unspecified atom stereocenters. The van der Waals surface area contributed by atoms with E-state index in [1.807, 2.05) is 6.07 Å². The van der Waals surface area contributed by atoms with Crippen molar-refractivity contribution in [3.05, 3.63) is 36.2 Å². The third kappa shape index (κ3) is 4.45. The molecule has 2 aliphatic heterocycles. The molecular weight excluding hydrogens is 452 g/mol. The third-order valence-corrected chi connectivity index (χ3v) is 6.21. The minimum Gasteiger partial charge on any atom is -0.490 e. The Kier molecular flexibility index (Phi) is 6.39. The van der Waals surface area contributed by atoms with Gasteiger partial charge in [-0.2, -0.15) is 15.3 Å². The van der Waals surface area contributed by atoms with Crippen LogP contribution in [-0.4, -0.2) is 84.7 Å². The molecule has 2 aromatic heterocycles. The number of hydrogen-bond acceptors (Lipinski definition) is 9. The first-order valence-corrected chi connectivity index (χ1v) is 11.4. The summed E-state index contributed by atoms with van der Waals surface area (Å²) in [6.07, 6.45) is 3.35. The molecule has 1 saturated heterocycles. The Labute approximate surface area is 202 Å². The smallest absolute Gasteiger partial charge is 0.260 e. The quantitative estimate of drug-likeness (QED) is 0.546. The zero-order valence-electron chi connectivity index (χ0n) is 19.6. The summed E-state index contributed by atoms with van der Waals surface area (Å²) in [7, 11) is 3.13. The van der Waals surface area contributed by atoms with Gasteiger partial charge in [-0.05, 0) is 23.8 Å². The number of rotatable bonds is 5. The molecule has 35 heavy (non-hydrogen) atoms. The summed E-state index contributed by atoms with van der Waals surface area (Å²) in [4.78, 5) is 19.6. The molecule has 0 spiro atoms. The molecule has 1 amide bonds. The number of carbonyl (C=O) groups is 1. The van der Waals surface area contributed by atoms with Gasteiger partial charge in [-0.1, -0.05) is 0 Å². The van der Waals surface area contributed by atoms with Crippen molar-refractivity contribution in [1.29, 1.82) is 5.26 Å². The van der Waals surface area contributed by atoms with E-state index in [2.05, 4.69) is 16.5 Å². The van der Waals surface area contributed by atoms with E-state index in [0.29, 0.717) is 55.6 Å². The molecule has 4 heterocycles. The highest BCUT2D eigenvalue weighted by Gasteiger charge is 2.40. The van der Waals surface area contributed by atoms with Crippen molar-refractivity contribution in [3.63, 3.8) is 0 Å². The van der Waals surface area contributed by atoms with Gasteiger partial charge in [-0.3, -0.25) is 4.79 Å². The maximum Gasteiger partial charge on any atom is 0.260 e. The van der Waals surface area contributed by atoms with Gasteiger partial charge in [0.25, 0.3) is 11.8 Å². The predicted molar refractivity (Wildman–Crippen MR) is 125 cm³/mol. The normalized spacial score (nSPS) is 19.6. The number of amides is 1. The topological polar surface area (TPSA) is 123 Å². The van der Waals surface area contributed by atoms with Crippen LogP contribution in [0.2, 0.25) is 0 Å². The van der Waals surface area contributed by atoms with Crippen LogP contribution in [0.3, 0.4) is 0 Å². The van der Waals surface area contributed by atoms with Gasteiger partial charge >= 0.3 is 0 Å². The fourth-order valence-corrected chi connectivity index (χ4v) is 4.48. The van der Waals surface area contributed by atoms with Crippen molar-refractivity contribution >= 4 is 17.2 Å². The number of benzene rings is 1. The number of fused-ring (bicyclic) bond motifs is 5. The molecule has 5 rings (SSSR count). The van der Waals surface area contributed by atoms with Gasteiger partial charge < -0.3 is 29.2 Å². The van der Waals surface area contributed by atoms with Crippen molar-refractivity contribution in [1.82, 2.24) is 19.5 Å². The van der Waals surface area contributed by atoms with Gasteiger partial charge in [0, 0.05) is 37.9 Å². The third-order valence-electron chi connectivity index (χ3n) is 6.21. The van der Waals surface area contributed by atoms with Crippen LogP contribution in [0.4, 0.5) is 5.69 Å². The molecule has 0 saturated carbocycles. The number of nitriles is 1. The average molecular weight is 479 g/mol. The maximum atomic E-state index is 13.1. The number of methoxy groups -OCH3 is 2. The zero-order valence-corrected chi connectivity index (χ0v) is 19.6. The Morgan fingerprint density at radius 3 is 2.97 bits per heavy atom. The lowest BCUT2D eigenvalue weighted by atomic mass is 10.0. The summed E-state index contributed by atoms with van der Waals surface area (Å²) in [6.45, 7) is 1.94. The van der Waals surface area contributed by atoms with E-state index < -0.39 is 6.10 Å². The van der Waals surface area contributed by atoms with Crippen LogP contribution >= 0.6 is 0 Å². The Morgan fingerprint density at radius 1 is 1.29 bits per heavy atom. The van der Waals surface area contributed by atoms with Gasteiger partial charge in [0.1, 0.15) is 12.7 Å². The highest BCUT2D eigenvalue weighted by Crippen LogP contribution is 2.33. The Hall–Kier alpha value is -3.88. The maximum absolute atomic E-state index is 13.1. The first-order chi connectivity index (χ1) is 17.1. The highest BCUT2D eigenvalue weighted by atomic mass is 16.5. The number of nitrogens with one attached hydrogen (secondary N) is 1. The van der Waals surface area contributed by atoms with Gasteiger partial charge in [-0.25, -0.2) is 4.52 Å². The van der Waals surface area contributed by atoms with Crippen LogP contribution < -0.4 is 14.8 Å². The molecule has 11 nitrogen and oxygen atoms in total. The second-order valence-corrected chi connectivity index (χ2v) is 8.36. The zero-order chi connectivity index (χ0) is 24.4. The lowest BCUT2D eigenvalue weighted by Crippen LogP contribution is -2.41. The van der Waals surface area contributed by atoms with Gasteiger partial charge in [0.05, 0.1) is 50.4 Å². The van der Waals surface area contributed by atoms with Gasteiger partial charge in [0.15, 0.2) is 11.4 Å². The van der Waals surface area contributed by atoms with E-state index in [-0.39, 0.29) is 18.6 Å². The highest BCUT2D eigenvalue weighted by molar-refractivity contribution is 5.84. The van der Waals surface area contributed by atoms with Crippen molar-refractivity contribution in [2.24, 2.45) is 0 Å². The summed E-state index contributed by atoms with van der Waals surface area (Å²) in [5, 5.41) is 17.3. The summed E-state index contributed by atoms with van der Waals surface area (Å²) in [5.41, 5.74) is 3.40. The molecule has 182 valence electrons. The second-order valence-electron chi connectivity index (χ2n) is 8.36. The summed E-state index contributed by atoms with van der Waals surface area (Å²) < 4.78 is 24.1. The average Bonchev–Trinajstić information content (AvgIpc) is 3.42. The van der Waals surface area contributed by atoms with E-state index in [1.54, 1.807) is 41.1 Å². The lowest BCUT2D eigenvalue weighted by molar-refractivity contribution is -0.138. The molecule has 4 bridgehead atoms. The van der Waals surface area contributed by atoms with Crippen LogP contribution in [0.1, 0.15) is 12.0 Å². The fraction of sp³-hybridized carbons (Fsp3) is 0.417. The largest absolute Gasteiger partial charge is 0.490 e. The standard InChI is InChI=1S/C24H26N6O5/c1-32-5-6-34-20-10-18-14-35-23-21(33-2)13-30-22(28-23)19(12-27-30)16-7-15(11-25)8-17(9-16)26-3-4-29(18)24(20)31/h7-9,12-13,18,20,26H,3-6,10,14H2,1-2H3/t18-,20?/m0/s1. The number of ether oxygens (including phenoxy) is 4. The monoisotopic (exact) mass is 478 g/mol. The van der Waals surface area contributed by atoms with E-state index >= 15 is 0 Å². The van der Waals surface area contributed by atoms with Gasteiger partial charge in [-0.15, -0.1) is 0 Å². The van der Waals surface area contributed by atoms with Crippen LogP contribution in [0.15, 0.2) is 30.6 Å². The van der Waals surface area contributed by atoms with Crippen LogP contribution in [0.25, 0.3) is 16.8 Å². The summed E-state index contributed by atoms with van der Waals surface area (Å²) >= 11 is 0. The van der Waals surface area contributed by atoms with Crippen LogP contribution in [0, 0.1) is 11.3 Å². The number of anilines is 1. The molecule has 0 radical (unpaired) electrons. The molecule has 2 atom stereocenters. The Morgan fingerprint density at radius 2 is 2.17 bits per heavy atom. The second kappa shape index (κ2) is 9.77. The van der Waals surface area contributed by atoms with E-state index in [9.17, 15) is 10.1 Å². The molecule has 1 N–H and O–H groups in total. The summed E-state index contributed by atoms with van der Waals surface area (Å²) in [6, 6.07) is 7.53. The molecule has 3 aromatic rings. The molecule has 11 heteroatoms. The first kappa shape index (κ1) is 22.9. The first-order valence-electron chi connectivity index (χ1n) is 11.4. The van der Waals surface area contributed by atoms with Crippen molar-refractivity contribution in [2.75, 3.05) is 52.4 Å². The minimum absolute atomic E-state index is 0.0801. The molecule has 1 aromatic carbocycles. The van der Waals surface area contributed by atoms with E-state index in [0.717, 1.165) is 16.8 Å². The number of hydrogen-bond donors (Lipinski definition) is 1.